The second-order valence-electron chi connectivity index (χ2n) is 6.82. The van der Waals surface area contributed by atoms with Gasteiger partial charge in [-0.2, -0.15) is 8.42 Å². The third-order valence-corrected chi connectivity index (χ3v) is 6.51. The Morgan fingerprint density at radius 2 is 2.03 bits per heavy atom. The first-order valence-corrected chi connectivity index (χ1v) is 11.8. The van der Waals surface area contributed by atoms with Gasteiger partial charge in [-0.05, 0) is 36.2 Å². The monoisotopic (exact) mass is 515 g/mol. The Balaban J connectivity index is 0.00000306. The van der Waals surface area contributed by atoms with Crippen LogP contribution in [0, 0.1) is 12.7 Å². The first kappa shape index (κ1) is 26.0. The van der Waals surface area contributed by atoms with Crippen LogP contribution in [0.4, 0.5) is 10.1 Å². The molecule has 0 bridgehead atoms. The molecule has 2 N–H and O–H groups in total. The molecular weight excluding hydrogens is 496 g/mol. The first-order valence-electron chi connectivity index (χ1n) is 9.40. The van der Waals surface area contributed by atoms with E-state index in [1.807, 2.05) is 0 Å². The van der Waals surface area contributed by atoms with Gasteiger partial charge in [0.2, 0.25) is 0 Å². The SMILES string of the molecule is CNS(=O)(=O)Nc1cccc(Cc2c(C)c3ccc(Oc4nccs4)cc3oc2=O)c1F.[KH]. The van der Waals surface area contributed by atoms with Crippen LogP contribution in [0.3, 0.4) is 0 Å². The zero-order valence-corrected chi connectivity index (χ0v) is 18.6. The summed E-state index contributed by atoms with van der Waals surface area (Å²) >= 11 is 1.33. The molecule has 0 unspecified atom stereocenters. The molecule has 2 aromatic heterocycles. The van der Waals surface area contributed by atoms with E-state index in [0.29, 0.717) is 27.5 Å². The van der Waals surface area contributed by atoms with Gasteiger partial charge in [0.05, 0.1) is 5.69 Å². The van der Waals surface area contributed by atoms with Gasteiger partial charge in [-0.3, -0.25) is 4.72 Å². The zero-order valence-electron chi connectivity index (χ0n) is 17.0. The van der Waals surface area contributed by atoms with Gasteiger partial charge in [0.25, 0.3) is 15.4 Å². The number of nitrogens with zero attached hydrogens (tertiary/aromatic N) is 1. The van der Waals surface area contributed by atoms with Crippen molar-refractivity contribution in [3.05, 3.63) is 80.9 Å². The summed E-state index contributed by atoms with van der Waals surface area (Å²) in [7, 11) is -2.68. The third-order valence-electron chi connectivity index (χ3n) is 4.83. The van der Waals surface area contributed by atoms with Crippen LogP contribution < -0.4 is 19.8 Å². The molecule has 0 atom stereocenters. The van der Waals surface area contributed by atoms with Gasteiger partial charge in [-0.1, -0.05) is 23.5 Å². The van der Waals surface area contributed by atoms with Crippen LogP contribution in [0.15, 0.2) is 57.2 Å². The summed E-state index contributed by atoms with van der Waals surface area (Å²) in [6, 6.07) is 9.38. The fourth-order valence-electron chi connectivity index (χ4n) is 3.19. The number of halogens is 1. The summed E-state index contributed by atoms with van der Waals surface area (Å²) < 4.78 is 53.6. The van der Waals surface area contributed by atoms with Gasteiger partial charge in [-0.15, -0.1) is 0 Å². The number of hydrogen-bond acceptors (Lipinski definition) is 7. The first-order chi connectivity index (χ1) is 15.3. The standard InChI is InChI=1S/C21H18FN3O5S2.K.H/c1-12-15-7-6-14(29-21-24-8-9-31-21)11-18(15)30-20(26)16(12)10-13-4-3-5-17(19(13)22)25-32(27,28)23-2;;/h3-9,11,23,25H,10H2,1-2H3;;. The van der Waals surface area contributed by atoms with Crippen molar-refractivity contribution in [2.75, 3.05) is 11.8 Å². The van der Waals surface area contributed by atoms with Gasteiger partial charge in [0, 0.05) is 42.1 Å². The van der Waals surface area contributed by atoms with Crippen molar-refractivity contribution in [3.63, 3.8) is 0 Å². The summed E-state index contributed by atoms with van der Waals surface area (Å²) in [5, 5.41) is 2.92. The molecule has 0 saturated carbocycles. The predicted octanol–water partition coefficient (Wildman–Crippen LogP) is 3.31. The molecule has 12 heteroatoms. The molecule has 0 aliphatic rings. The Kier molecular flexibility index (Phi) is 8.45. The molecule has 0 fully saturated rings. The maximum absolute atomic E-state index is 14.9. The van der Waals surface area contributed by atoms with E-state index in [-0.39, 0.29) is 74.6 Å². The van der Waals surface area contributed by atoms with E-state index in [1.165, 1.54) is 36.6 Å². The van der Waals surface area contributed by atoms with Crippen LogP contribution in [0.25, 0.3) is 11.0 Å². The number of fused-ring (bicyclic) bond motifs is 1. The molecule has 0 aliphatic heterocycles. The average molecular weight is 516 g/mol. The number of nitrogens with one attached hydrogen (secondary N) is 2. The Morgan fingerprint density at radius 1 is 1.24 bits per heavy atom. The van der Waals surface area contributed by atoms with Crippen LogP contribution in [-0.4, -0.2) is 71.8 Å². The molecule has 2 heterocycles. The number of benzene rings is 2. The predicted molar refractivity (Wildman–Crippen MR) is 127 cm³/mol. The van der Waals surface area contributed by atoms with E-state index in [9.17, 15) is 17.6 Å². The second-order valence-corrected chi connectivity index (χ2v) is 9.29. The molecule has 33 heavy (non-hydrogen) atoms. The fourth-order valence-corrected chi connectivity index (χ4v) is 4.24. The van der Waals surface area contributed by atoms with Crippen LogP contribution in [0.1, 0.15) is 16.7 Å². The maximum atomic E-state index is 14.9. The van der Waals surface area contributed by atoms with Crippen molar-refractivity contribution in [1.29, 1.82) is 0 Å². The molecule has 4 aromatic rings. The molecule has 2 aromatic carbocycles. The summed E-state index contributed by atoms with van der Waals surface area (Å²) in [5.41, 5.74) is 0.572. The van der Waals surface area contributed by atoms with Gasteiger partial charge in [0.15, 0.2) is 5.82 Å². The van der Waals surface area contributed by atoms with Gasteiger partial charge in [-0.25, -0.2) is 18.9 Å². The van der Waals surface area contributed by atoms with Crippen molar-refractivity contribution in [1.82, 2.24) is 9.71 Å². The molecule has 0 amide bonds. The van der Waals surface area contributed by atoms with Crippen LogP contribution in [0.5, 0.6) is 10.9 Å². The number of aromatic nitrogens is 1. The quantitative estimate of drug-likeness (QED) is 0.289. The summed E-state index contributed by atoms with van der Waals surface area (Å²) in [4.78, 5) is 16.7. The van der Waals surface area contributed by atoms with Crippen molar-refractivity contribution >= 4 is 89.6 Å². The van der Waals surface area contributed by atoms with Crippen molar-refractivity contribution in [3.8, 4) is 10.9 Å². The summed E-state index contributed by atoms with van der Waals surface area (Å²) in [5.74, 6) is -0.296. The number of thiazole rings is 1. The summed E-state index contributed by atoms with van der Waals surface area (Å²) in [6.45, 7) is 1.75. The van der Waals surface area contributed by atoms with Crippen molar-refractivity contribution in [2.24, 2.45) is 0 Å². The van der Waals surface area contributed by atoms with Crippen molar-refractivity contribution < 1.29 is 22.0 Å². The van der Waals surface area contributed by atoms with E-state index in [2.05, 4.69) is 14.4 Å². The molecule has 0 aliphatic carbocycles. The molecular formula is C21H19FKN3O5S2. The Labute approximate surface area is 235 Å². The second kappa shape index (κ2) is 10.7. The van der Waals surface area contributed by atoms with E-state index in [1.54, 1.807) is 36.7 Å². The number of anilines is 1. The van der Waals surface area contributed by atoms with E-state index in [0.717, 1.165) is 0 Å². The minimum atomic E-state index is -3.89. The number of ether oxygens (including phenoxy) is 1. The van der Waals surface area contributed by atoms with Gasteiger partial charge in [0.1, 0.15) is 11.3 Å². The van der Waals surface area contributed by atoms with Crippen molar-refractivity contribution in [2.45, 2.75) is 13.3 Å². The van der Waals surface area contributed by atoms with E-state index >= 15 is 0 Å². The van der Waals surface area contributed by atoms with E-state index in [4.69, 9.17) is 9.15 Å². The molecule has 4 rings (SSSR count). The van der Waals surface area contributed by atoms with Crippen LogP contribution in [-0.2, 0) is 16.6 Å². The van der Waals surface area contributed by atoms with Crippen LogP contribution >= 0.6 is 11.3 Å². The topological polar surface area (TPSA) is 111 Å². The normalized spacial score (nSPS) is 11.2. The minimum absolute atomic E-state index is 0. The Bertz CT molecular complexity index is 1460. The number of aryl methyl sites for hydroxylation is 1. The molecule has 168 valence electrons. The van der Waals surface area contributed by atoms with Gasteiger partial charge >= 0.3 is 57.0 Å². The molecule has 0 radical (unpaired) electrons. The zero-order chi connectivity index (χ0) is 22.9. The van der Waals surface area contributed by atoms with E-state index < -0.39 is 21.7 Å². The summed E-state index contributed by atoms with van der Waals surface area (Å²) in [6.07, 6.45) is 1.55. The Morgan fingerprint density at radius 3 is 2.73 bits per heavy atom. The average Bonchev–Trinajstić information content (AvgIpc) is 3.26. The molecule has 0 saturated heterocycles. The fraction of sp³-hybridized carbons (Fsp3) is 0.143. The number of hydrogen-bond donors (Lipinski definition) is 2. The molecule has 0 spiro atoms. The van der Waals surface area contributed by atoms with Crippen LogP contribution in [0.2, 0.25) is 0 Å². The molecule has 8 nitrogen and oxygen atoms in total. The Hall–Kier alpha value is -1.64. The number of rotatable bonds is 7. The third kappa shape index (κ3) is 5.89. The van der Waals surface area contributed by atoms with Gasteiger partial charge < -0.3 is 9.15 Å².